The molecule has 1 rings (SSSR count). The minimum atomic E-state index is -2.96. The molecule has 23 heavy (non-hydrogen) atoms. The summed E-state index contributed by atoms with van der Waals surface area (Å²) in [5, 5.41) is 0. The van der Waals surface area contributed by atoms with E-state index < -0.39 is 14.1 Å². The zero-order chi connectivity index (χ0) is 17.5. The van der Waals surface area contributed by atoms with Gasteiger partial charge in [-0.2, -0.15) is 0 Å². The highest BCUT2D eigenvalue weighted by Gasteiger charge is 2.52. The number of hydrogen-bond acceptors (Lipinski definition) is 4. The number of unbranched alkanes of at least 4 members (excludes halogenated alkanes) is 1. The van der Waals surface area contributed by atoms with Crippen LogP contribution in [0.3, 0.4) is 0 Å². The summed E-state index contributed by atoms with van der Waals surface area (Å²) in [6.07, 6.45) is 1.83. The first-order valence-electron chi connectivity index (χ1n) is 8.16. The summed E-state index contributed by atoms with van der Waals surface area (Å²) in [7, 11) is 0.155. The third-order valence-corrected chi connectivity index (χ3v) is 8.04. The van der Waals surface area contributed by atoms with Crippen molar-refractivity contribution in [2.24, 2.45) is 5.92 Å². The van der Waals surface area contributed by atoms with Gasteiger partial charge >= 0.3 is 8.56 Å². The maximum atomic E-state index is 13.1. The van der Waals surface area contributed by atoms with Crippen LogP contribution in [0, 0.1) is 5.92 Å². The molecule has 1 aromatic carbocycles. The molecule has 0 amide bonds. The molecule has 0 aromatic heterocycles. The van der Waals surface area contributed by atoms with Crippen LogP contribution in [0.25, 0.3) is 0 Å². The molecule has 0 saturated heterocycles. The van der Waals surface area contributed by atoms with Gasteiger partial charge in [0.05, 0.1) is 0 Å². The minimum absolute atomic E-state index is 0.0923. The lowest BCUT2D eigenvalue weighted by atomic mass is 9.99. The Morgan fingerprint density at radius 2 is 1.65 bits per heavy atom. The van der Waals surface area contributed by atoms with E-state index in [2.05, 4.69) is 6.92 Å². The summed E-state index contributed by atoms with van der Waals surface area (Å²) in [4.78, 5) is 25.9. The highest BCUT2D eigenvalue weighted by Crippen LogP contribution is 2.35. The summed E-state index contributed by atoms with van der Waals surface area (Å²) >= 11 is 0. The molecule has 0 saturated carbocycles. The fraction of sp³-hybridized carbons (Fsp3) is 0.556. The molecule has 1 atom stereocenters. The molecule has 1 aromatic rings. The molecule has 0 aliphatic rings. The lowest BCUT2D eigenvalue weighted by Crippen LogP contribution is -2.52. The van der Waals surface area contributed by atoms with E-state index in [1.165, 1.54) is 0 Å². The molecule has 0 fully saturated rings. The Kier molecular flexibility index (Phi) is 7.82. The Labute approximate surface area is 140 Å². The number of Topliss-reactive ketones (excluding diaryl/α,β-unsaturated/α-hetero) is 2. The van der Waals surface area contributed by atoms with Crippen molar-refractivity contribution in [1.82, 2.24) is 0 Å². The molecule has 4 nitrogen and oxygen atoms in total. The number of carbonyl (C=O) groups is 2. The fourth-order valence-electron chi connectivity index (χ4n) is 2.74. The normalized spacial score (nSPS) is 13.1. The first-order valence-corrected chi connectivity index (χ1v) is 10.3. The van der Waals surface area contributed by atoms with Crippen molar-refractivity contribution in [3.05, 3.63) is 35.9 Å². The van der Waals surface area contributed by atoms with E-state index in [0.717, 1.165) is 12.8 Å². The van der Waals surface area contributed by atoms with E-state index in [4.69, 9.17) is 8.85 Å². The molecule has 0 N–H and O–H groups in total. The topological polar surface area (TPSA) is 52.6 Å². The van der Waals surface area contributed by atoms with Crippen LogP contribution in [0.2, 0.25) is 11.6 Å². The molecule has 0 spiro atoms. The summed E-state index contributed by atoms with van der Waals surface area (Å²) in [5.74, 6) is -0.521. The number of rotatable bonds is 10. The smallest absolute Gasteiger partial charge is 0.356 e. The van der Waals surface area contributed by atoms with Gasteiger partial charge in [-0.1, -0.05) is 63.9 Å². The second kappa shape index (κ2) is 9.10. The molecular weight excluding hydrogens is 308 g/mol. The Morgan fingerprint density at radius 1 is 1.09 bits per heavy atom. The highest BCUT2D eigenvalue weighted by atomic mass is 28.4. The monoisotopic (exact) mass is 336 g/mol. The van der Waals surface area contributed by atoms with Gasteiger partial charge in [0, 0.05) is 25.7 Å². The molecule has 0 aliphatic heterocycles. The molecule has 128 valence electrons. The Bertz CT molecular complexity index is 509. The van der Waals surface area contributed by atoms with Crippen LogP contribution in [0.5, 0.6) is 0 Å². The third-order valence-electron chi connectivity index (χ3n) is 4.18. The summed E-state index contributed by atoms with van der Waals surface area (Å²) < 4.78 is 11.5. The third kappa shape index (κ3) is 4.59. The summed E-state index contributed by atoms with van der Waals surface area (Å²) in [5.41, 5.74) is -0.291. The first-order chi connectivity index (χ1) is 10.9. The van der Waals surface area contributed by atoms with Gasteiger partial charge in [0.15, 0.2) is 5.78 Å². The van der Waals surface area contributed by atoms with Crippen LogP contribution >= 0.6 is 0 Å². The Morgan fingerprint density at radius 3 is 2.09 bits per heavy atom. The van der Waals surface area contributed by atoms with Crippen LogP contribution < -0.4 is 0 Å². The molecule has 0 bridgehead atoms. The molecule has 0 heterocycles. The largest absolute Gasteiger partial charge is 0.397 e. The highest BCUT2D eigenvalue weighted by molar-refractivity contribution is 6.77. The van der Waals surface area contributed by atoms with E-state index in [9.17, 15) is 9.59 Å². The maximum absolute atomic E-state index is 13.1. The van der Waals surface area contributed by atoms with Crippen molar-refractivity contribution in [3.8, 4) is 0 Å². The number of benzene rings is 1. The second-order valence-electron chi connectivity index (χ2n) is 6.04. The van der Waals surface area contributed by atoms with Crippen molar-refractivity contribution < 1.29 is 18.4 Å². The molecule has 1 unspecified atom stereocenters. The lowest BCUT2D eigenvalue weighted by Gasteiger charge is -2.34. The van der Waals surface area contributed by atoms with Gasteiger partial charge in [0.2, 0.25) is 0 Å². The quantitative estimate of drug-likeness (QED) is 0.368. The number of ketones is 2. The average Bonchev–Trinajstić information content (AvgIpc) is 2.58. The zero-order valence-corrected chi connectivity index (χ0v) is 15.8. The van der Waals surface area contributed by atoms with E-state index in [-0.39, 0.29) is 17.5 Å². The van der Waals surface area contributed by atoms with Crippen molar-refractivity contribution in [1.29, 1.82) is 0 Å². The minimum Gasteiger partial charge on any atom is -0.397 e. The Hall–Kier alpha value is -1.30. The molecular formula is C18H28O4Si. The molecule has 0 aliphatic carbocycles. The van der Waals surface area contributed by atoms with E-state index in [1.54, 1.807) is 38.5 Å². The van der Waals surface area contributed by atoms with Gasteiger partial charge in [-0.3, -0.25) is 9.59 Å². The maximum Gasteiger partial charge on any atom is 0.356 e. The van der Waals surface area contributed by atoms with Crippen LogP contribution in [0.15, 0.2) is 30.3 Å². The number of carbonyl (C=O) groups excluding carboxylic acids is 2. The SMILES string of the molecule is CCCC[Si](OC)(OC)C(C(=O)c1ccccc1)C(=O)C(C)C. The van der Waals surface area contributed by atoms with Crippen LogP contribution in [0.4, 0.5) is 0 Å². The van der Waals surface area contributed by atoms with Crippen molar-refractivity contribution in [2.45, 2.75) is 45.2 Å². The van der Waals surface area contributed by atoms with Crippen LogP contribution in [-0.4, -0.2) is 34.3 Å². The fourth-order valence-corrected chi connectivity index (χ4v) is 6.25. The van der Waals surface area contributed by atoms with Gasteiger partial charge in [0.1, 0.15) is 11.3 Å². The summed E-state index contributed by atoms with van der Waals surface area (Å²) in [6.45, 7) is 5.71. The van der Waals surface area contributed by atoms with E-state index >= 15 is 0 Å². The van der Waals surface area contributed by atoms with Crippen molar-refractivity contribution in [3.63, 3.8) is 0 Å². The average molecular weight is 337 g/mol. The predicted octanol–water partition coefficient (Wildman–Crippen LogP) is 4.00. The molecule has 5 heteroatoms. The van der Waals surface area contributed by atoms with Crippen molar-refractivity contribution >= 4 is 20.1 Å². The van der Waals surface area contributed by atoms with Gasteiger partial charge in [-0.05, 0) is 6.04 Å². The predicted molar refractivity (Wildman–Crippen MR) is 93.9 cm³/mol. The van der Waals surface area contributed by atoms with E-state index in [0.29, 0.717) is 11.6 Å². The summed E-state index contributed by atoms with van der Waals surface area (Å²) in [6, 6.07) is 9.58. The van der Waals surface area contributed by atoms with Crippen molar-refractivity contribution in [2.75, 3.05) is 14.2 Å². The van der Waals surface area contributed by atoms with E-state index in [1.807, 2.05) is 19.9 Å². The van der Waals surface area contributed by atoms with Gasteiger partial charge in [0.25, 0.3) is 0 Å². The standard InChI is InChI=1S/C18H28O4Si/c1-6-7-13-23(21-4,22-5)18(16(19)14(2)3)17(20)15-11-9-8-10-12-15/h8-12,14,18H,6-7,13H2,1-5H3. The van der Waals surface area contributed by atoms with Gasteiger partial charge in [-0.25, -0.2) is 0 Å². The number of hydrogen-bond donors (Lipinski definition) is 0. The van der Waals surface area contributed by atoms with Gasteiger partial charge in [-0.15, -0.1) is 0 Å². The lowest BCUT2D eigenvalue weighted by molar-refractivity contribution is -0.121. The van der Waals surface area contributed by atoms with Crippen LogP contribution in [-0.2, 0) is 13.6 Å². The van der Waals surface area contributed by atoms with Crippen LogP contribution in [0.1, 0.15) is 44.0 Å². The Balaban J connectivity index is 3.32. The zero-order valence-electron chi connectivity index (χ0n) is 14.8. The molecule has 0 radical (unpaired) electrons. The van der Waals surface area contributed by atoms with Gasteiger partial charge < -0.3 is 8.85 Å². The second-order valence-corrected chi connectivity index (χ2v) is 9.56. The first kappa shape index (κ1) is 19.7.